The summed E-state index contributed by atoms with van der Waals surface area (Å²) in [5.74, 6) is 0.503. The monoisotopic (exact) mass is 366 g/mol. The Kier molecular flexibility index (Phi) is 4.99. The third kappa shape index (κ3) is 4.16. The highest BCUT2D eigenvalue weighted by Gasteiger charge is 2.23. The summed E-state index contributed by atoms with van der Waals surface area (Å²) in [6, 6.07) is 8.89. The topological polar surface area (TPSA) is 70.4 Å². The van der Waals surface area contributed by atoms with E-state index in [1.54, 1.807) is 64.5 Å². The zero-order valence-corrected chi connectivity index (χ0v) is 15.9. The molecule has 0 amide bonds. The maximum Gasteiger partial charge on any atom is 0.419 e. The van der Waals surface area contributed by atoms with Gasteiger partial charge in [0, 0.05) is 36.0 Å². The van der Waals surface area contributed by atoms with E-state index in [4.69, 9.17) is 9.47 Å². The first-order valence-corrected chi connectivity index (χ1v) is 8.63. The van der Waals surface area contributed by atoms with Gasteiger partial charge in [-0.05, 0) is 50.6 Å². The zero-order chi connectivity index (χ0) is 19.6. The molecule has 27 heavy (non-hydrogen) atoms. The van der Waals surface area contributed by atoms with Crippen LogP contribution in [0.15, 0.2) is 48.9 Å². The van der Waals surface area contributed by atoms with E-state index in [0.717, 1.165) is 5.56 Å². The number of carbonyl (C=O) groups is 2. The van der Waals surface area contributed by atoms with Crippen LogP contribution in [0.5, 0.6) is 5.75 Å². The van der Waals surface area contributed by atoms with Gasteiger partial charge in [-0.15, -0.1) is 0 Å². The number of hydrogen-bond acceptors (Lipinski definition) is 5. The van der Waals surface area contributed by atoms with E-state index in [-0.39, 0.29) is 12.2 Å². The van der Waals surface area contributed by atoms with Gasteiger partial charge in [-0.25, -0.2) is 4.79 Å². The van der Waals surface area contributed by atoms with Crippen molar-refractivity contribution in [1.82, 2.24) is 9.55 Å². The van der Waals surface area contributed by atoms with Crippen molar-refractivity contribution < 1.29 is 19.1 Å². The van der Waals surface area contributed by atoms with E-state index in [2.05, 4.69) is 4.98 Å². The molecular weight excluding hydrogens is 344 g/mol. The van der Waals surface area contributed by atoms with Crippen LogP contribution >= 0.6 is 0 Å². The van der Waals surface area contributed by atoms with Crippen molar-refractivity contribution in [3.63, 3.8) is 0 Å². The van der Waals surface area contributed by atoms with Crippen LogP contribution in [0, 0.1) is 0 Å². The minimum atomic E-state index is -0.639. The predicted octanol–water partition coefficient (Wildman–Crippen LogP) is 4.25. The molecule has 3 aromatic rings. The molecule has 0 bridgehead atoms. The maximum atomic E-state index is 12.9. The Hall–Kier alpha value is -3.15. The lowest BCUT2D eigenvalue weighted by Crippen LogP contribution is -2.26. The summed E-state index contributed by atoms with van der Waals surface area (Å²) in [5.41, 5.74) is 1.21. The minimum absolute atomic E-state index is 0.108. The van der Waals surface area contributed by atoms with Gasteiger partial charge in [0.05, 0.1) is 12.6 Å². The summed E-state index contributed by atoms with van der Waals surface area (Å²) in [6.45, 7) is 5.40. The van der Waals surface area contributed by atoms with Crippen molar-refractivity contribution >= 4 is 22.8 Å². The van der Waals surface area contributed by atoms with Crippen LogP contribution in [0.1, 0.15) is 36.7 Å². The van der Waals surface area contributed by atoms with Crippen LogP contribution in [-0.2, 0) is 11.2 Å². The smallest absolute Gasteiger partial charge is 0.419 e. The van der Waals surface area contributed by atoms with Crippen molar-refractivity contribution in [2.45, 2.75) is 32.8 Å². The molecule has 2 aromatic heterocycles. The number of rotatable bonds is 4. The predicted molar refractivity (Wildman–Crippen MR) is 102 cm³/mol. The molecule has 0 aliphatic heterocycles. The van der Waals surface area contributed by atoms with Gasteiger partial charge in [0.1, 0.15) is 11.4 Å². The zero-order valence-electron chi connectivity index (χ0n) is 15.9. The molecule has 0 unspecified atom stereocenters. The lowest BCUT2D eigenvalue weighted by Gasteiger charge is -2.19. The lowest BCUT2D eigenvalue weighted by molar-refractivity contribution is 0.0544. The van der Waals surface area contributed by atoms with Crippen molar-refractivity contribution in [3.8, 4) is 5.75 Å². The summed E-state index contributed by atoms with van der Waals surface area (Å²) in [5, 5.41) is 0.647. The summed E-state index contributed by atoms with van der Waals surface area (Å²) in [4.78, 5) is 29.6. The van der Waals surface area contributed by atoms with Crippen LogP contribution in [-0.4, -0.2) is 34.1 Å². The van der Waals surface area contributed by atoms with Gasteiger partial charge in [-0.3, -0.25) is 14.3 Å². The summed E-state index contributed by atoms with van der Waals surface area (Å²) in [7, 11) is 1.56. The van der Waals surface area contributed by atoms with Crippen LogP contribution in [0.25, 0.3) is 10.9 Å². The molecule has 0 saturated heterocycles. The van der Waals surface area contributed by atoms with E-state index in [1.807, 2.05) is 6.07 Å². The second-order valence-electron chi connectivity index (χ2n) is 7.24. The van der Waals surface area contributed by atoms with Crippen molar-refractivity contribution in [3.05, 3.63) is 60.0 Å². The Morgan fingerprint density at radius 3 is 2.59 bits per heavy atom. The minimum Gasteiger partial charge on any atom is -0.497 e. The number of aromatic nitrogens is 2. The standard InChI is InChI=1S/C21H22N2O4/c1-21(2,3)27-20(25)23-13-17(16-11-15(26-4)7-8-18(16)23)19(24)10-14-6-5-9-22-12-14/h5-9,11-13H,10H2,1-4H3. The van der Waals surface area contributed by atoms with Gasteiger partial charge in [0.25, 0.3) is 0 Å². The van der Waals surface area contributed by atoms with Gasteiger partial charge in [0.15, 0.2) is 5.78 Å². The van der Waals surface area contributed by atoms with Crippen LogP contribution in [0.2, 0.25) is 0 Å². The van der Waals surface area contributed by atoms with Crippen LogP contribution < -0.4 is 4.74 Å². The quantitative estimate of drug-likeness (QED) is 0.646. The molecule has 140 valence electrons. The van der Waals surface area contributed by atoms with Crippen LogP contribution in [0.4, 0.5) is 4.79 Å². The lowest BCUT2D eigenvalue weighted by atomic mass is 10.0. The van der Waals surface area contributed by atoms with Gasteiger partial charge in [0.2, 0.25) is 0 Å². The Labute approximate surface area is 157 Å². The number of hydrogen-bond donors (Lipinski definition) is 0. The average molecular weight is 366 g/mol. The first-order chi connectivity index (χ1) is 12.8. The fraction of sp³-hybridized carbons (Fsp3) is 0.286. The van der Waals surface area contributed by atoms with Gasteiger partial charge in [-0.2, -0.15) is 0 Å². The molecule has 2 heterocycles. The number of ketones is 1. The highest BCUT2D eigenvalue weighted by molar-refractivity contribution is 6.10. The highest BCUT2D eigenvalue weighted by atomic mass is 16.6. The molecule has 0 spiro atoms. The largest absolute Gasteiger partial charge is 0.497 e. The number of carbonyl (C=O) groups excluding carboxylic acids is 2. The SMILES string of the molecule is COc1ccc2c(c1)c(C(=O)Cc1cccnc1)cn2C(=O)OC(C)(C)C. The van der Waals surface area contributed by atoms with E-state index in [1.165, 1.54) is 10.8 Å². The van der Waals surface area contributed by atoms with E-state index < -0.39 is 11.7 Å². The third-order valence-corrected chi connectivity index (χ3v) is 3.99. The number of methoxy groups -OCH3 is 1. The Morgan fingerprint density at radius 2 is 1.96 bits per heavy atom. The molecule has 0 N–H and O–H groups in total. The van der Waals surface area contributed by atoms with Gasteiger partial charge in [-0.1, -0.05) is 6.07 Å². The van der Waals surface area contributed by atoms with Crippen molar-refractivity contribution in [2.24, 2.45) is 0 Å². The molecule has 6 heteroatoms. The van der Waals surface area contributed by atoms with Gasteiger partial charge >= 0.3 is 6.09 Å². The first-order valence-electron chi connectivity index (χ1n) is 8.63. The fourth-order valence-electron chi connectivity index (χ4n) is 2.80. The molecule has 1 aromatic carbocycles. The van der Waals surface area contributed by atoms with Crippen molar-refractivity contribution in [1.29, 1.82) is 0 Å². The second kappa shape index (κ2) is 7.23. The summed E-state index contributed by atoms with van der Waals surface area (Å²) >= 11 is 0. The molecule has 0 atom stereocenters. The number of benzene rings is 1. The Bertz CT molecular complexity index is 985. The molecule has 6 nitrogen and oxygen atoms in total. The molecule has 0 saturated carbocycles. The molecular formula is C21H22N2O4. The number of nitrogens with zero attached hydrogens (tertiary/aromatic N) is 2. The normalized spacial score (nSPS) is 11.4. The molecule has 0 aliphatic rings. The second-order valence-corrected chi connectivity index (χ2v) is 7.24. The van der Waals surface area contributed by atoms with Gasteiger partial charge < -0.3 is 9.47 Å². The van der Waals surface area contributed by atoms with E-state index in [0.29, 0.717) is 22.2 Å². The molecule has 0 aliphatic carbocycles. The first kappa shape index (κ1) is 18.6. The number of pyridine rings is 1. The number of Topliss-reactive ketones (excluding diaryl/α,β-unsaturated/α-hetero) is 1. The third-order valence-electron chi connectivity index (χ3n) is 3.99. The molecule has 3 rings (SSSR count). The van der Waals surface area contributed by atoms with E-state index >= 15 is 0 Å². The van der Waals surface area contributed by atoms with E-state index in [9.17, 15) is 9.59 Å². The average Bonchev–Trinajstić information content (AvgIpc) is 3.00. The molecule has 0 radical (unpaired) electrons. The maximum absolute atomic E-state index is 12.9. The molecule has 0 fully saturated rings. The Morgan fingerprint density at radius 1 is 1.19 bits per heavy atom. The summed E-state index contributed by atoms with van der Waals surface area (Å²) in [6.07, 6.45) is 4.52. The summed E-state index contributed by atoms with van der Waals surface area (Å²) < 4.78 is 12.1. The van der Waals surface area contributed by atoms with Crippen molar-refractivity contribution in [2.75, 3.05) is 7.11 Å². The number of fused-ring (bicyclic) bond motifs is 1. The Balaban J connectivity index is 2.05. The van der Waals surface area contributed by atoms with Crippen LogP contribution in [0.3, 0.4) is 0 Å². The highest BCUT2D eigenvalue weighted by Crippen LogP contribution is 2.28. The number of ether oxygens (including phenoxy) is 2. The fourth-order valence-corrected chi connectivity index (χ4v) is 2.80.